The molecule has 4 aromatic rings. The molecule has 4 rings (SSSR count). The molecule has 12 heteroatoms. The minimum Gasteiger partial charge on any atom is -0.494 e. The van der Waals surface area contributed by atoms with Gasteiger partial charge in [0.1, 0.15) is 11.6 Å². The summed E-state index contributed by atoms with van der Waals surface area (Å²) in [5.41, 5.74) is 3.22. The maximum absolute atomic E-state index is 11.5. The molecule has 38 heavy (non-hydrogen) atoms. The Morgan fingerprint density at radius 2 is 1.79 bits per heavy atom. The molecule has 1 aromatic heterocycles. The average molecular weight is 552 g/mol. The maximum Gasteiger partial charge on any atom is 0.238 e. The van der Waals surface area contributed by atoms with Gasteiger partial charge in [0.05, 0.1) is 11.5 Å². The zero-order chi connectivity index (χ0) is 27.1. The van der Waals surface area contributed by atoms with Crippen molar-refractivity contribution in [2.75, 3.05) is 23.8 Å². The molecule has 0 aliphatic rings. The van der Waals surface area contributed by atoms with Crippen molar-refractivity contribution in [2.45, 2.75) is 23.1 Å². The van der Waals surface area contributed by atoms with E-state index in [0.717, 1.165) is 22.4 Å². The van der Waals surface area contributed by atoms with Crippen LogP contribution in [0.25, 0.3) is 11.1 Å². The van der Waals surface area contributed by atoms with E-state index < -0.39 is 20.6 Å². The first kappa shape index (κ1) is 27.0. The van der Waals surface area contributed by atoms with Gasteiger partial charge in [-0.1, -0.05) is 47.4 Å². The average Bonchev–Trinajstić information content (AvgIpc) is 2.90. The Bertz CT molecular complexity index is 1580. The van der Waals surface area contributed by atoms with Crippen molar-refractivity contribution < 1.29 is 17.4 Å². The van der Waals surface area contributed by atoms with Crippen molar-refractivity contribution >= 4 is 38.1 Å². The van der Waals surface area contributed by atoms with E-state index in [-0.39, 0.29) is 4.90 Å². The normalized spacial score (nSPS) is 11.3. The first-order valence-electron chi connectivity index (χ1n) is 11.7. The number of nitrogens with zero attached hydrogens (tertiary/aromatic N) is 2. The molecule has 198 valence electrons. The largest absolute Gasteiger partial charge is 0.494 e. The third-order valence-corrected chi connectivity index (χ3v) is 7.14. The van der Waals surface area contributed by atoms with E-state index in [2.05, 4.69) is 20.6 Å². The number of ether oxygens (including phenoxy) is 1. The van der Waals surface area contributed by atoms with Crippen LogP contribution in [0.5, 0.6) is 5.75 Å². The predicted octanol–water partition coefficient (Wildman–Crippen LogP) is 4.67. The molecule has 0 aliphatic carbocycles. The molecule has 0 saturated carbocycles. The molecule has 0 spiro atoms. The highest BCUT2D eigenvalue weighted by Gasteiger charge is 2.11. The quantitative estimate of drug-likeness (QED) is 0.196. The first-order valence-corrected chi connectivity index (χ1v) is 14.4. The number of hydrogen-bond donors (Lipinski definition) is 4. The van der Waals surface area contributed by atoms with Crippen molar-refractivity contribution in [1.29, 1.82) is 4.78 Å². The minimum atomic E-state index is -3.74. The Balaban J connectivity index is 1.57. The van der Waals surface area contributed by atoms with Crippen LogP contribution in [-0.2, 0) is 31.2 Å². The van der Waals surface area contributed by atoms with E-state index in [9.17, 15) is 12.6 Å². The van der Waals surface area contributed by atoms with E-state index in [1.807, 2.05) is 31.2 Å². The third-order valence-electron chi connectivity index (χ3n) is 5.53. The number of aromatic nitrogens is 2. The van der Waals surface area contributed by atoms with Gasteiger partial charge < -0.3 is 24.4 Å². The Morgan fingerprint density at radius 1 is 1.05 bits per heavy atom. The smallest absolute Gasteiger partial charge is 0.238 e. The van der Waals surface area contributed by atoms with Crippen LogP contribution in [0.3, 0.4) is 0 Å². The Hall–Kier alpha value is -4.00. The van der Waals surface area contributed by atoms with Crippen LogP contribution in [-0.4, -0.2) is 31.5 Å². The summed E-state index contributed by atoms with van der Waals surface area (Å²) in [4.78, 5) is 9.57. The summed E-state index contributed by atoms with van der Waals surface area (Å²) < 4.78 is 47.5. The zero-order valence-electron chi connectivity index (χ0n) is 20.5. The van der Waals surface area contributed by atoms with Crippen LogP contribution in [0.2, 0.25) is 0 Å². The van der Waals surface area contributed by atoms with Crippen LogP contribution in [0.1, 0.15) is 12.5 Å². The second-order valence-electron chi connectivity index (χ2n) is 8.20. The summed E-state index contributed by atoms with van der Waals surface area (Å²) in [6, 6.07) is 20.8. The lowest BCUT2D eigenvalue weighted by atomic mass is 10.1. The fraction of sp³-hybridized carbons (Fsp3) is 0.154. The SMILES string of the molecule is CCOc1ccc(-c2cnc(Nc3cccc([S-](=N)=O)c3)nc2NCCc2ccc(S(N)(=O)=O)cc2)cc1. The summed E-state index contributed by atoms with van der Waals surface area (Å²) in [7, 11) is -5.60. The lowest BCUT2D eigenvalue weighted by Gasteiger charge is -2.14. The molecular formula is C26H27N6O4S2-. The lowest BCUT2D eigenvalue weighted by molar-refractivity contribution is 0.340. The molecule has 5 N–H and O–H groups in total. The van der Waals surface area contributed by atoms with E-state index in [0.29, 0.717) is 41.9 Å². The number of benzene rings is 3. The molecule has 0 atom stereocenters. The summed E-state index contributed by atoms with van der Waals surface area (Å²) in [5, 5.41) is 11.6. The highest BCUT2D eigenvalue weighted by Crippen LogP contribution is 2.29. The van der Waals surface area contributed by atoms with Gasteiger partial charge in [-0.25, -0.2) is 18.5 Å². The molecule has 0 aliphatic heterocycles. The Kier molecular flexibility index (Phi) is 8.56. The molecule has 0 amide bonds. The predicted molar refractivity (Wildman–Crippen MR) is 147 cm³/mol. The maximum atomic E-state index is 11.5. The molecule has 10 nitrogen and oxygen atoms in total. The van der Waals surface area contributed by atoms with Gasteiger partial charge in [0, 0.05) is 24.0 Å². The number of primary sulfonamides is 1. The van der Waals surface area contributed by atoms with Crippen molar-refractivity contribution in [1.82, 2.24) is 9.97 Å². The number of anilines is 3. The van der Waals surface area contributed by atoms with Gasteiger partial charge >= 0.3 is 0 Å². The monoisotopic (exact) mass is 551 g/mol. The molecule has 0 bridgehead atoms. The standard InChI is InChI=1S/C26H27N6O4S2/c1-2-36-21-10-8-19(9-11-21)24-17-30-26(31-20-4-3-5-22(16-20)37(27)33)32-25(24)29-15-14-18-6-12-23(13-7-18)38(28,34)35/h3-13,16-17,27H,2,14-15H2,1H3,(H2,28,34,35)(H2,29,30,31,32)/q-1. The number of rotatable bonds is 11. The lowest BCUT2D eigenvalue weighted by Crippen LogP contribution is -2.12. The van der Waals surface area contributed by atoms with E-state index in [1.54, 1.807) is 42.6 Å². The van der Waals surface area contributed by atoms with Gasteiger partial charge in [-0.3, -0.25) is 0 Å². The second kappa shape index (κ2) is 12.0. The number of sulfonamides is 1. The van der Waals surface area contributed by atoms with Crippen LogP contribution < -0.4 is 20.5 Å². The van der Waals surface area contributed by atoms with Crippen molar-refractivity contribution in [3.05, 3.63) is 84.6 Å². The summed E-state index contributed by atoms with van der Waals surface area (Å²) in [6.45, 7) is 3.01. The third kappa shape index (κ3) is 7.06. The molecule has 0 fully saturated rings. The zero-order valence-corrected chi connectivity index (χ0v) is 22.2. The van der Waals surface area contributed by atoms with Gasteiger partial charge in [0.2, 0.25) is 16.0 Å². The molecule has 0 radical (unpaired) electrons. The Morgan fingerprint density at radius 3 is 2.45 bits per heavy atom. The van der Waals surface area contributed by atoms with Gasteiger partial charge in [-0.05, 0) is 54.8 Å². The summed E-state index contributed by atoms with van der Waals surface area (Å²) >= 11 is 0. The van der Waals surface area contributed by atoms with Gasteiger partial charge in [-0.15, -0.1) is 0 Å². The van der Waals surface area contributed by atoms with E-state index in [4.69, 9.17) is 14.7 Å². The van der Waals surface area contributed by atoms with Crippen LogP contribution in [0, 0.1) is 4.78 Å². The van der Waals surface area contributed by atoms with Gasteiger partial charge in [-0.2, -0.15) is 15.6 Å². The van der Waals surface area contributed by atoms with Crippen LogP contribution in [0.15, 0.2) is 88.8 Å². The molecule has 0 unspecified atom stereocenters. The first-order chi connectivity index (χ1) is 18.2. The number of hydrogen-bond acceptors (Lipinski definition) is 10. The molecule has 0 saturated heterocycles. The van der Waals surface area contributed by atoms with Crippen molar-refractivity contribution in [3.63, 3.8) is 0 Å². The van der Waals surface area contributed by atoms with Crippen molar-refractivity contribution in [3.8, 4) is 16.9 Å². The number of nitrogens with two attached hydrogens (primary N) is 1. The van der Waals surface area contributed by atoms with Gasteiger partial charge in [0.25, 0.3) is 0 Å². The second-order valence-corrected chi connectivity index (χ2v) is 10.8. The van der Waals surface area contributed by atoms with Crippen LogP contribution >= 0.6 is 0 Å². The van der Waals surface area contributed by atoms with Crippen molar-refractivity contribution in [2.24, 2.45) is 5.14 Å². The number of nitrogens with one attached hydrogen (secondary N) is 3. The molecule has 1 heterocycles. The van der Waals surface area contributed by atoms with Gasteiger partial charge in [0.15, 0.2) is 0 Å². The topological polar surface area (TPSA) is 160 Å². The minimum absolute atomic E-state index is 0.0665. The molecule has 3 aromatic carbocycles. The van der Waals surface area contributed by atoms with E-state index in [1.165, 1.54) is 12.1 Å². The molecular weight excluding hydrogens is 524 g/mol. The summed E-state index contributed by atoms with van der Waals surface area (Å²) in [5.74, 6) is 1.68. The highest BCUT2D eigenvalue weighted by atomic mass is 32.2. The Labute approximate surface area is 223 Å². The fourth-order valence-electron chi connectivity index (χ4n) is 3.67. The fourth-order valence-corrected chi connectivity index (χ4v) is 4.63. The van der Waals surface area contributed by atoms with E-state index >= 15 is 0 Å². The summed E-state index contributed by atoms with van der Waals surface area (Å²) in [6.07, 6.45) is 2.32. The van der Waals surface area contributed by atoms with Crippen LogP contribution in [0.4, 0.5) is 17.5 Å². The highest BCUT2D eigenvalue weighted by molar-refractivity contribution is 7.89.